The van der Waals surface area contributed by atoms with Crippen molar-refractivity contribution in [2.24, 2.45) is 10.8 Å². The number of amides is 2. The van der Waals surface area contributed by atoms with Gasteiger partial charge < -0.3 is 24.7 Å². The number of hydrogen-bond donors (Lipinski definition) is 2. The Bertz CT molecular complexity index is 898. The lowest BCUT2D eigenvalue weighted by Gasteiger charge is -2.11. The highest BCUT2D eigenvalue weighted by molar-refractivity contribution is 5.95. The molecule has 0 heterocycles. The van der Waals surface area contributed by atoms with Crippen molar-refractivity contribution in [3.8, 4) is 23.0 Å². The molecule has 0 aromatic heterocycles. The maximum Gasteiger partial charge on any atom is 0.271 e. The van der Waals surface area contributed by atoms with E-state index in [0.717, 1.165) is 0 Å². The molecule has 154 valence electrons. The summed E-state index contributed by atoms with van der Waals surface area (Å²) in [6.07, 6.45) is 1.46. The highest BCUT2D eigenvalue weighted by Crippen LogP contribution is 2.28. The molecule has 0 bridgehead atoms. The largest absolute Gasteiger partial charge is 0.493 e. The van der Waals surface area contributed by atoms with Gasteiger partial charge in [0.1, 0.15) is 0 Å². The molecule has 2 aromatic rings. The van der Waals surface area contributed by atoms with Gasteiger partial charge in [-0.15, -0.1) is 0 Å². The quantitative estimate of drug-likeness (QED) is 0.462. The van der Waals surface area contributed by atoms with Crippen molar-refractivity contribution in [3.63, 3.8) is 0 Å². The van der Waals surface area contributed by atoms with Gasteiger partial charge in [-0.3, -0.25) is 9.59 Å². The molecule has 0 spiro atoms. The normalized spacial score (nSPS) is 10.4. The van der Waals surface area contributed by atoms with Gasteiger partial charge in [0.2, 0.25) is 0 Å². The fraction of sp³-hybridized carbons (Fsp3) is 0.250. The molecule has 0 aliphatic rings. The topological polar surface area (TPSA) is 121 Å². The fourth-order valence-corrected chi connectivity index (χ4v) is 2.35. The minimum Gasteiger partial charge on any atom is -0.493 e. The van der Waals surface area contributed by atoms with Crippen molar-refractivity contribution in [2.45, 2.75) is 6.92 Å². The fourth-order valence-electron chi connectivity index (χ4n) is 2.35. The van der Waals surface area contributed by atoms with E-state index in [0.29, 0.717) is 40.7 Å². The molecular weight excluding hydrogens is 378 g/mol. The Kier molecular flexibility index (Phi) is 7.84. The lowest BCUT2D eigenvalue weighted by Crippen LogP contribution is -2.20. The summed E-state index contributed by atoms with van der Waals surface area (Å²) in [6, 6.07) is 9.80. The van der Waals surface area contributed by atoms with Gasteiger partial charge in [0.05, 0.1) is 27.0 Å². The third kappa shape index (κ3) is 6.13. The molecule has 9 nitrogen and oxygen atoms in total. The number of benzene rings is 2. The molecule has 0 aliphatic carbocycles. The smallest absolute Gasteiger partial charge is 0.271 e. The molecule has 0 saturated carbocycles. The van der Waals surface area contributed by atoms with Gasteiger partial charge in [-0.25, -0.2) is 5.43 Å². The number of hydrazone groups is 1. The number of nitrogens with two attached hydrogens (primary N) is 1. The van der Waals surface area contributed by atoms with Gasteiger partial charge in [-0.1, -0.05) is 0 Å². The predicted molar refractivity (Wildman–Crippen MR) is 107 cm³/mol. The maximum absolute atomic E-state index is 12.3. The minimum absolute atomic E-state index is 0.255. The molecule has 0 unspecified atom stereocenters. The Balaban J connectivity index is 2.08. The number of nitrogens with zero attached hydrogens (tertiary/aromatic N) is 1. The molecule has 0 radical (unpaired) electrons. The van der Waals surface area contributed by atoms with E-state index in [1.165, 1.54) is 20.4 Å². The highest BCUT2D eigenvalue weighted by Gasteiger charge is 2.10. The SMILES string of the molecule is CCOc1cc(/C=N/NC(=O)c2ccc(OC)c(OC)c2)ccc1OCC(N)=O. The lowest BCUT2D eigenvalue weighted by atomic mass is 10.2. The van der Waals surface area contributed by atoms with E-state index >= 15 is 0 Å². The lowest BCUT2D eigenvalue weighted by molar-refractivity contribution is -0.119. The van der Waals surface area contributed by atoms with Gasteiger partial charge in [0.15, 0.2) is 29.6 Å². The van der Waals surface area contributed by atoms with Crippen LogP contribution in [-0.2, 0) is 4.79 Å². The number of carbonyl (C=O) groups excluding carboxylic acids is 2. The van der Waals surface area contributed by atoms with E-state index in [9.17, 15) is 9.59 Å². The van der Waals surface area contributed by atoms with Crippen LogP contribution in [0.25, 0.3) is 0 Å². The molecule has 0 fully saturated rings. The Morgan fingerprint density at radius 1 is 1.00 bits per heavy atom. The first kappa shape index (κ1) is 21.5. The van der Waals surface area contributed by atoms with Crippen LogP contribution in [0.1, 0.15) is 22.8 Å². The van der Waals surface area contributed by atoms with Crippen LogP contribution in [0.3, 0.4) is 0 Å². The molecular formula is C20H23N3O6. The number of ether oxygens (including phenoxy) is 4. The van der Waals surface area contributed by atoms with Gasteiger partial charge in [-0.2, -0.15) is 5.10 Å². The first-order valence-electron chi connectivity index (χ1n) is 8.71. The van der Waals surface area contributed by atoms with Gasteiger partial charge in [0.25, 0.3) is 11.8 Å². The van der Waals surface area contributed by atoms with Crippen molar-refractivity contribution < 1.29 is 28.5 Å². The van der Waals surface area contributed by atoms with Crippen LogP contribution in [0.4, 0.5) is 0 Å². The first-order valence-corrected chi connectivity index (χ1v) is 8.71. The van der Waals surface area contributed by atoms with Crippen LogP contribution in [-0.4, -0.2) is 45.5 Å². The Labute approximate surface area is 168 Å². The number of primary amides is 1. The summed E-state index contributed by atoms with van der Waals surface area (Å²) in [5, 5.41) is 3.95. The van der Waals surface area contributed by atoms with E-state index in [1.54, 1.807) is 36.4 Å². The van der Waals surface area contributed by atoms with E-state index < -0.39 is 11.8 Å². The zero-order valence-corrected chi connectivity index (χ0v) is 16.4. The minimum atomic E-state index is -0.587. The molecule has 2 aromatic carbocycles. The zero-order valence-electron chi connectivity index (χ0n) is 16.4. The second-order valence-corrected chi connectivity index (χ2v) is 5.66. The van der Waals surface area contributed by atoms with Gasteiger partial charge in [0, 0.05) is 5.56 Å². The van der Waals surface area contributed by atoms with Gasteiger partial charge in [-0.05, 0) is 48.9 Å². The number of rotatable bonds is 10. The third-order valence-corrected chi connectivity index (χ3v) is 3.66. The van der Waals surface area contributed by atoms with E-state index in [1.807, 2.05) is 6.92 Å². The summed E-state index contributed by atoms with van der Waals surface area (Å²) in [5.74, 6) is 0.789. The average molecular weight is 401 g/mol. The zero-order chi connectivity index (χ0) is 21.2. The standard InChI is InChI=1S/C20H23N3O6/c1-4-28-18-9-13(5-7-16(18)29-12-19(21)24)11-22-23-20(25)14-6-8-15(26-2)17(10-14)27-3/h5-11H,4,12H2,1-3H3,(H2,21,24)(H,23,25)/b22-11+. The van der Waals surface area contributed by atoms with Crippen LogP contribution in [0, 0.1) is 0 Å². The van der Waals surface area contributed by atoms with Crippen molar-refractivity contribution >= 4 is 18.0 Å². The molecule has 0 aliphatic heterocycles. The van der Waals surface area contributed by atoms with Crippen LogP contribution in [0.15, 0.2) is 41.5 Å². The van der Waals surface area contributed by atoms with Crippen molar-refractivity contribution in [2.75, 3.05) is 27.4 Å². The van der Waals surface area contributed by atoms with Crippen LogP contribution in [0.2, 0.25) is 0 Å². The summed E-state index contributed by atoms with van der Waals surface area (Å²) in [7, 11) is 3.01. The van der Waals surface area contributed by atoms with Crippen molar-refractivity contribution in [3.05, 3.63) is 47.5 Å². The molecule has 2 amide bonds. The van der Waals surface area contributed by atoms with E-state index in [2.05, 4.69) is 10.5 Å². The molecule has 0 saturated heterocycles. The van der Waals surface area contributed by atoms with Crippen LogP contribution in [0.5, 0.6) is 23.0 Å². The Morgan fingerprint density at radius 2 is 1.72 bits per heavy atom. The monoisotopic (exact) mass is 401 g/mol. The molecule has 2 rings (SSSR count). The first-order chi connectivity index (χ1) is 14.0. The summed E-state index contributed by atoms with van der Waals surface area (Å²) < 4.78 is 21.1. The second-order valence-electron chi connectivity index (χ2n) is 5.66. The average Bonchev–Trinajstić information content (AvgIpc) is 2.72. The molecule has 0 atom stereocenters. The second kappa shape index (κ2) is 10.5. The maximum atomic E-state index is 12.3. The predicted octanol–water partition coefficient (Wildman–Crippen LogP) is 1.73. The summed E-state index contributed by atoms with van der Waals surface area (Å²) in [5.41, 5.74) is 8.56. The van der Waals surface area contributed by atoms with Gasteiger partial charge >= 0.3 is 0 Å². The van der Waals surface area contributed by atoms with E-state index in [-0.39, 0.29) is 6.61 Å². The number of nitrogens with one attached hydrogen (secondary N) is 1. The molecule has 29 heavy (non-hydrogen) atoms. The highest BCUT2D eigenvalue weighted by atomic mass is 16.5. The third-order valence-electron chi connectivity index (χ3n) is 3.66. The summed E-state index contributed by atoms with van der Waals surface area (Å²) in [6.45, 7) is 1.97. The summed E-state index contributed by atoms with van der Waals surface area (Å²) >= 11 is 0. The Hall–Kier alpha value is -3.75. The molecule has 9 heteroatoms. The number of carbonyl (C=O) groups is 2. The van der Waals surface area contributed by atoms with E-state index in [4.69, 9.17) is 24.7 Å². The molecule has 3 N–H and O–H groups in total. The van der Waals surface area contributed by atoms with Crippen molar-refractivity contribution in [1.29, 1.82) is 0 Å². The van der Waals surface area contributed by atoms with Crippen LogP contribution >= 0.6 is 0 Å². The number of hydrogen-bond acceptors (Lipinski definition) is 7. The summed E-state index contributed by atoms with van der Waals surface area (Å²) in [4.78, 5) is 23.2. The van der Waals surface area contributed by atoms with Crippen LogP contribution < -0.4 is 30.1 Å². The van der Waals surface area contributed by atoms with Crippen molar-refractivity contribution in [1.82, 2.24) is 5.43 Å². The Morgan fingerprint density at radius 3 is 2.38 bits per heavy atom. The number of methoxy groups -OCH3 is 2.